The molecule has 0 bridgehead atoms. The van der Waals surface area contributed by atoms with Crippen molar-refractivity contribution in [2.75, 3.05) is 0 Å². The molecular weight excluding hydrogens is 801 g/mol. The van der Waals surface area contributed by atoms with E-state index in [2.05, 4.69) is 243 Å². The summed E-state index contributed by atoms with van der Waals surface area (Å²) in [6.45, 7) is 0. The van der Waals surface area contributed by atoms with Crippen molar-refractivity contribution in [2.24, 2.45) is 0 Å². The van der Waals surface area contributed by atoms with Gasteiger partial charge in [0.15, 0.2) is 11.6 Å². The van der Waals surface area contributed by atoms with E-state index >= 15 is 0 Å². The van der Waals surface area contributed by atoms with Crippen molar-refractivity contribution in [2.45, 2.75) is 0 Å². The highest BCUT2D eigenvalue weighted by molar-refractivity contribution is 6.11. The van der Waals surface area contributed by atoms with Gasteiger partial charge >= 0.3 is 0 Å². The standard InChI is InChI=1S/C62H40N4/c1-5-19-41(20-6-1)45-35-46(42-21-7-2-8-22-42)38-49(37-45)61-63-57-31-17-15-29-55(57)59(65-61)53-33-34-54(52-28-14-13-27-51(52)53)60-56-30-16-18-32-58(56)64-62(66-60)50-39-47(43-23-9-3-10-24-43)36-48(40-50)44-25-11-4-12-26-44/h1-40H. The molecule has 12 rings (SSSR count). The predicted octanol–water partition coefficient (Wildman–Crippen LogP) is 16.1. The van der Waals surface area contributed by atoms with Crippen LogP contribution < -0.4 is 0 Å². The van der Waals surface area contributed by atoms with Gasteiger partial charge in [-0.1, -0.05) is 194 Å². The first-order valence-corrected chi connectivity index (χ1v) is 22.3. The minimum absolute atomic E-state index is 0.672. The molecule has 2 heterocycles. The molecule has 0 N–H and O–H groups in total. The second kappa shape index (κ2) is 16.7. The van der Waals surface area contributed by atoms with Gasteiger partial charge in [-0.05, 0) is 104 Å². The summed E-state index contributed by atoms with van der Waals surface area (Å²) in [6, 6.07) is 85.2. The molecule has 66 heavy (non-hydrogen) atoms. The number of benzene rings is 10. The van der Waals surface area contributed by atoms with E-state index in [-0.39, 0.29) is 0 Å². The Morgan fingerprint density at radius 3 is 0.803 bits per heavy atom. The fourth-order valence-corrected chi connectivity index (χ4v) is 9.24. The lowest BCUT2D eigenvalue weighted by Gasteiger charge is -2.16. The second-order valence-corrected chi connectivity index (χ2v) is 16.6. The van der Waals surface area contributed by atoms with Gasteiger partial charge in [0.1, 0.15) is 0 Å². The number of fused-ring (bicyclic) bond motifs is 3. The summed E-state index contributed by atoms with van der Waals surface area (Å²) in [7, 11) is 0. The van der Waals surface area contributed by atoms with Crippen LogP contribution in [0.15, 0.2) is 243 Å². The van der Waals surface area contributed by atoms with Crippen molar-refractivity contribution in [3.05, 3.63) is 243 Å². The van der Waals surface area contributed by atoms with Crippen LogP contribution in [0, 0.1) is 0 Å². The zero-order chi connectivity index (χ0) is 43.8. The highest BCUT2D eigenvalue weighted by Crippen LogP contribution is 2.41. The third kappa shape index (κ3) is 7.27. The quantitative estimate of drug-likeness (QED) is 0.153. The second-order valence-electron chi connectivity index (χ2n) is 16.6. The molecule has 0 unspecified atom stereocenters. The molecule has 0 fully saturated rings. The van der Waals surface area contributed by atoms with Crippen molar-refractivity contribution in [3.63, 3.8) is 0 Å². The maximum absolute atomic E-state index is 5.50. The summed E-state index contributed by atoms with van der Waals surface area (Å²) in [5.41, 5.74) is 16.5. The molecule has 4 nitrogen and oxygen atoms in total. The van der Waals surface area contributed by atoms with Crippen LogP contribution in [0.3, 0.4) is 0 Å². The lowest BCUT2D eigenvalue weighted by molar-refractivity contribution is 1.23. The number of hydrogen-bond donors (Lipinski definition) is 0. The Morgan fingerprint density at radius 2 is 0.470 bits per heavy atom. The van der Waals surface area contributed by atoms with E-state index in [1.165, 1.54) is 0 Å². The average Bonchev–Trinajstić information content (AvgIpc) is 3.40. The van der Waals surface area contributed by atoms with Gasteiger partial charge in [0.2, 0.25) is 0 Å². The molecule has 0 saturated carbocycles. The van der Waals surface area contributed by atoms with Gasteiger partial charge in [-0.15, -0.1) is 0 Å². The molecule has 4 heteroatoms. The molecule has 0 aliphatic rings. The molecule has 308 valence electrons. The van der Waals surface area contributed by atoms with Gasteiger partial charge in [-0.2, -0.15) is 0 Å². The monoisotopic (exact) mass is 840 g/mol. The molecule has 0 radical (unpaired) electrons. The van der Waals surface area contributed by atoms with Crippen LogP contribution in [0.25, 0.3) is 122 Å². The van der Waals surface area contributed by atoms with Crippen LogP contribution in [0.4, 0.5) is 0 Å². The van der Waals surface area contributed by atoms with Gasteiger partial charge in [0.05, 0.1) is 22.4 Å². The predicted molar refractivity (Wildman–Crippen MR) is 274 cm³/mol. The third-order valence-electron chi connectivity index (χ3n) is 12.5. The minimum Gasteiger partial charge on any atom is -0.228 e. The largest absolute Gasteiger partial charge is 0.228 e. The van der Waals surface area contributed by atoms with Crippen molar-refractivity contribution in [1.82, 2.24) is 19.9 Å². The van der Waals surface area contributed by atoms with Crippen LogP contribution in [-0.2, 0) is 0 Å². The Labute approximate surface area is 383 Å². The van der Waals surface area contributed by atoms with Gasteiger partial charge < -0.3 is 0 Å². The average molecular weight is 841 g/mol. The highest BCUT2D eigenvalue weighted by Gasteiger charge is 2.20. The van der Waals surface area contributed by atoms with Gasteiger partial charge in [0.25, 0.3) is 0 Å². The Balaban J connectivity index is 1.04. The molecule has 0 aliphatic carbocycles. The summed E-state index contributed by atoms with van der Waals surface area (Å²) in [4.78, 5) is 21.5. The molecule has 12 aromatic rings. The van der Waals surface area contributed by atoms with E-state index < -0.39 is 0 Å². The molecule has 10 aromatic carbocycles. The topological polar surface area (TPSA) is 51.6 Å². The zero-order valence-electron chi connectivity index (χ0n) is 35.9. The fourth-order valence-electron chi connectivity index (χ4n) is 9.24. The highest BCUT2D eigenvalue weighted by atomic mass is 14.9. The van der Waals surface area contributed by atoms with E-state index in [4.69, 9.17) is 19.9 Å². The Bertz CT molecular complexity index is 3380. The van der Waals surface area contributed by atoms with Crippen LogP contribution >= 0.6 is 0 Å². The number of para-hydroxylation sites is 2. The Hall–Kier alpha value is -8.86. The number of aromatic nitrogens is 4. The van der Waals surface area contributed by atoms with Gasteiger partial charge in [0, 0.05) is 33.0 Å². The number of nitrogens with zero attached hydrogens (tertiary/aromatic N) is 4. The van der Waals surface area contributed by atoms with E-state index in [0.717, 1.165) is 111 Å². The van der Waals surface area contributed by atoms with Crippen molar-refractivity contribution in [1.29, 1.82) is 0 Å². The Kier molecular flexibility index (Phi) is 9.81. The molecule has 2 aromatic heterocycles. The zero-order valence-corrected chi connectivity index (χ0v) is 35.9. The fraction of sp³-hybridized carbons (Fsp3) is 0. The van der Waals surface area contributed by atoms with Crippen LogP contribution in [0.5, 0.6) is 0 Å². The summed E-state index contributed by atoms with van der Waals surface area (Å²) in [5, 5.41) is 4.14. The van der Waals surface area contributed by atoms with Gasteiger partial charge in [-0.3, -0.25) is 0 Å². The first-order chi connectivity index (χ1) is 32.7. The summed E-state index contributed by atoms with van der Waals surface area (Å²) < 4.78 is 0. The maximum Gasteiger partial charge on any atom is 0.160 e. The lowest BCUT2D eigenvalue weighted by atomic mass is 9.92. The summed E-state index contributed by atoms with van der Waals surface area (Å²) >= 11 is 0. The van der Waals surface area contributed by atoms with Crippen molar-refractivity contribution >= 4 is 32.6 Å². The van der Waals surface area contributed by atoms with Crippen LogP contribution in [0.2, 0.25) is 0 Å². The summed E-state index contributed by atoms with van der Waals surface area (Å²) in [5.74, 6) is 1.34. The van der Waals surface area contributed by atoms with Gasteiger partial charge in [-0.25, -0.2) is 19.9 Å². The van der Waals surface area contributed by atoms with E-state index in [1.807, 2.05) is 0 Å². The molecular formula is C62H40N4. The molecule has 0 spiro atoms. The smallest absolute Gasteiger partial charge is 0.160 e. The van der Waals surface area contributed by atoms with E-state index in [0.29, 0.717) is 11.6 Å². The third-order valence-corrected chi connectivity index (χ3v) is 12.5. The van der Waals surface area contributed by atoms with Crippen molar-refractivity contribution < 1.29 is 0 Å². The van der Waals surface area contributed by atoms with Crippen LogP contribution in [-0.4, -0.2) is 19.9 Å². The number of hydrogen-bond acceptors (Lipinski definition) is 4. The molecule has 0 aliphatic heterocycles. The Morgan fingerprint density at radius 1 is 0.197 bits per heavy atom. The normalized spacial score (nSPS) is 11.3. The van der Waals surface area contributed by atoms with E-state index in [9.17, 15) is 0 Å². The maximum atomic E-state index is 5.50. The molecule has 0 atom stereocenters. The van der Waals surface area contributed by atoms with Crippen LogP contribution in [0.1, 0.15) is 0 Å². The first kappa shape index (κ1) is 38.8. The van der Waals surface area contributed by atoms with E-state index in [1.54, 1.807) is 0 Å². The SMILES string of the molecule is c1ccc(-c2cc(-c3ccccc3)cc(-c3nc(-c4ccc(-c5nc(-c6cc(-c7ccccc7)cc(-c7ccccc7)c6)nc6ccccc56)c5ccccc45)c4ccccc4n3)c2)cc1. The lowest BCUT2D eigenvalue weighted by Crippen LogP contribution is -1.98. The van der Waals surface area contributed by atoms with Crippen molar-refractivity contribution in [3.8, 4) is 89.8 Å². The number of rotatable bonds is 8. The minimum atomic E-state index is 0.672. The molecule has 0 amide bonds. The molecule has 0 saturated heterocycles. The first-order valence-electron chi connectivity index (χ1n) is 22.3. The summed E-state index contributed by atoms with van der Waals surface area (Å²) in [6.07, 6.45) is 0.